The van der Waals surface area contributed by atoms with Crippen molar-refractivity contribution in [3.05, 3.63) is 0 Å². The average Bonchev–Trinajstić information content (AvgIpc) is 2.55. The summed E-state index contributed by atoms with van der Waals surface area (Å²) < 4.78 is 0. The highest BCUT2D eigenvalue weighted by atomic mass is 16.3. The summed E-state index contributed by atoms with van der Waals surface area (Å²) in [5.74, 6) is 0. The first kappa shape index (κ1) is 23.9. The van der Waals surface area contributed by atoms with Crippen LogP contribution < -0.4 is 0 Å². The van der Waals surface area contributed by atoms with E-state index in [0.717, 1.165) is 44.9 Å². The number of aliphatic hydroxyl groups is 3. The van der Waals surface area contributed by atoms with Gasteiger partial charge in [-0.25, -0.2) is 0 Å². The van der Waals surface area contributed by atoms with E-state index in [2.05, 4.69) is 13.8 Å². The summed E-state index contributed by atoms with van der Waals surface area (Å²) in [5.41, 5.74) is 0. The van der Waals surface area contributed by atoms with E-state index in [1.807, 2.05) is 0 Å². The van der Waals surface area contributed by atoms with Gasteiger partial charge in [0.15, 0.2) is 0 Å². The zero-order valence-corrected chi connectivity index (χ0v) is 16.4. The third kappa shape index (κ3) is 16.7. The minimum absolute atomic E-state index is 0.213. The topological polar surface area (TPSA) is 60.7 Å². The maximum Gasteiger partial charge on any atom is 0.0541 e. The molecule has 0 saturated heterocycles. The van der Waals surface area contributed by atoms with Crippen LogP contribution in [0.2, 0.25) is 0 Å². The fourth-order valence-corrected chi connectivity index (χ4v) is 3.25. The van der Waals surface area contributed by atoms with E-state index in [1.54, 1.807) is 0 Å². The van der Waals surface area contributed by atoms with Gasteiger partial charge in [0, 0.05) is 0 Å². The highest BCUT2D eigenvalue weighted by Crippen LogP contribution is 2.15. The van der Waals surface area contributed by atoms with Crippen molar-refractivity contribution >= 4 is 0 Å². The maximum atomic E-state index is 10.0. The van der Waals surface area contributed by atoms with Gasteiger partial charge in [0.05, 0.1) is 18.3 Å². The van der Waals surface area contributed by atoms with Crippen LogP contribution in [0.25, 0.3) is 0 Å². The van der Waals surface area contributed by atoms with Crippen LogP contribution >= 0.6 is 0 Å². The quantitative estimate of drug-likeness (QED) is 0.294. The van der Waals surface area contributed by atoms with Gasteiger partial charge < -0.3 is 15.3 Å². The third-order valence-electron chi connectivity index (χ3n) is 4.92. The molecular weight excluding hydrogens is 300 g/mol. The summed E-state index contributed by atoms with van der Waals surface area (Å²) in [6.45, 7) is 4.32. The molecule has 0 saturated carbocycles. The minimum Gasteiger partial charge on any atom is -0.393 e. The predicted octanol–water partition coefficient (Wildman–Crippen LogP) is 5.35. The van der Waals surface area contributed by atoms with E-state index in [-0.39, 0.29) is 18.3 Å². The Bertz CT molecular complexity index is 245. The fourth-order valence-electron chi connectivity index (χ4n) is 3.25. The number of hydrogen-bond donors (Lipinski definition) is 3. The zero-order valence-electron chi connectivity index (χ0n) is 16.4. The van der Waals surface area contributed by atoms with Crippen molar-refractivity contribution in [3.8, 4) is 0 Å². The maximum absolute atomic E-state index is 10.0. The van der Waals surface area contributed by atoms with Crippen LogP contribution in [0.5, 0.6) is 0 Å². The molecule has 0 aromatic rings. The fraction of sp³-hybridized carbons (Fsp3) is 1.00. The Morgan fingerprint density at radius 1 is 0.417 bits per heavy atom. The van der Waals surface area contributed by atoms with E-state index >= 15 is 0 Å². The van der Waals surface area contributed by atoms with Gasteiger partial charge in [-0.15, -0.1) is 0 Å². The number of aliphatic hydroxyl groups excluding tert-OH is 3. The van der Waals surface area contributed by atoms with Crippen molar-refractivity contribution in [2.24, 2.45) is 0 Å². The molecule has 0 bridgehead atoms. The van der Waals surface area contributed by atoms with Gasteiger partial charge in [-0.1, -0.05) is 71.6 Å². The Balaban J connectivity index is 3.39. The largest absolute Gasteiger partial charge is 0.393 e. The second-order valence-electron chi connectivity index (χ2n) is 7.52. The molecule has 0 aromatic carbocycles. The summed E-state index contributed by atoms with van der Waals surface area (Å²) in [5, 5.41) is 29.6. The van der Waals surface area contributed by atoms with Crippen LogP contribution in [0.1, 0.15) is 117 Å². The van der Waals surface area contributed by atoms with Crippen LogP contribution in [-0.4, -0.2) is 33.6 Å². The first-order valence-corrected chi connectivity index (χ1v) is 10.6. The Morgan fingerprint density at radius 3 is 1.33 bits per heavy atom. The van der Waals surface area contributed by atoms with Gasteiger partial charge in [0.25, 0.3) is 0 Å². The van der Waals surface area contributed by atoms with Gasteiger partial charge in [0.2, 0.25) is 0 Å². The monoisotopic (exact) mass is 344 g/mol. The molecule has 0 spiro atoms. The number of unbranched alkanes of at least 4 members (excludes halogenated alkanes) is 7. The first-order chi connectivity index (χ1) is 11.6. The molecule has 0 aliphatic carbocycles. The van der Waals surface area contributed by atoms with Gasteiger partial charge in [-0.3, -0.25) is 0 Å². The lowest BCUT2D eigenvalue weighted by Gasteiger charge is -2.15. The highest BCUT2D eigenvalue weighted by molar-refractivity contribution is 4.64. The van der Waals surface area contributed by atoms with Gasteiger partial charge >= 0.3 is 0 Å². The van der Waals surface area contributed by atoms with Crippen LogP contribution in [0.15, 0.2) is 0 Å². The molecule has 0 amide bonds. The molecule has 146 valence electrons. The SMILES string of the molecule is CCCCCCCCCCC(O)CCC(O)CCCC(O)CCC. The zero-order chi connectivity index (χ0) is 18.0. The molecule has 0 fully saturated rings. The van der Waals surface area contributed by atoms with E-state index in [9.17, 15) is 15.3 Å². The lowest BCUT2D eigenvalue weighted by atomic mass is 9.99. The molecule has 3 N–H and O–H groups in total. The highest BCUT2D eigenvalue weighted by Gasteiger charge is 2.10. The van der Waals surface area contributed by atoms with E-state index in [1.165, 1.54) is 44.9 Å². The molecule has 24 heavy (non-hydrogen) atoms. The molecule has 3 nitrogen and oxygen atoms in total. The standard InChI is InChI=1S/C21H44O3/c1-3-5-6-7-8-9-10-11-14-20(23)17-18-21(24)16-12-15-19(22)13-4-2/h19-24H,3-18H2,1-2H3. The van der Waals surface area contributed by atoms with Crippen molar-refractivity contribution in [2.75, 3.05) is 0 Å². The summed E-state index contributed by atoms with van der Waals surface area (Å²) >= 11 is 0. The Labute approximate surface area is 150 Å². The lowest BCUT2D eigenvalue weighted by molar-refractivity contribution is 0.0947. The summed E-state index contributed by atoms with van der Waals surface area (Å²) in [6, 6.07) is 0. The van der Waals surface area contributed by atoms with E-state index < -0.39 is 0 Å². The summed E-state index contributed by atoms with van der Waals surface area (Å²) in [4.78, 5) is 0. The molecule has 3 heteroatoms. The Morgan fingerprint density at radius 2 is 0.833 bits per heavy atom. The van der Waals surface area contributed by atoms with Gasteiger partial charge in [-0.2, -0.15) is 0 Å². The number of rotatable bonds is 18. The minimum atomic E-state index is -0.327. The van der Waals surface area contributed by atoms with E-state index in [4.69, 9.17) is 0 Å². The second kappa shape index (κ2) is 17.7. The Hall–Kier alpha value is -0.120. The van der Waals surface area contributed by atoms with Crippen molar-refractivity contribution in [3.63, 3.8) is 0 Å². The van der Waals surface area contributed by atoms with Gasteiger partial charge in [-0.05, 0) is 44.9 Å². The van der Waals surface area contributed by atoms with Crippen molar-refractivity contribution in [2.45, 2.75) is 135 Å². The number of hydrogen-bond acceptors (Lipinski definition) is 3. The second-order valence-corrected chi connectivity index (χ2v) is 7.52. The third-order valence-corrected chi connectivity index (χ3v) is 4.92. The molecule has 0 aromatic heterocycles. The van der Waals surface area contributed by atoms with Gasteiger partial charge in [0.1, 0.15) is 0 Å². The lowest BCUT2D eigenvalue weighted by Crippen LogP contribution is -2.14. The molecule has 3 unspecified atom stereocenters. The summed E-state index contributed by atoms with van der Waals surface area (Å²) in [6.07, 6.45) is 16.1. The molecule has 0 radical (unpaired) electrons. The van der Waals surface area contributed by atoms with E-state index in [0.29, 0.717) is 12.8 Å². The molecule has 3 atom stereocenters. The normalized spacial score (nSPS) is 15.4. The van der Waals surface area contributed by atoms with Crippen molar-refractivity contribution in [1.82, 2.24) is 0 Å². The van der Waals surface area contributed by atoms with Crippen molar-refractivity contribution in [1.29, 1.82) is 0 Å². The molecule has 0 heterocycles. The van der Waals surface area contributed by atoms with Crippen molar-refractivity contribution < 1.29 is 15.3 Å². The molecule has 0 aliphatic heterocycles. The summed E-state index contributed by atoms with van der Waals surface area (Å²) in [7, 11) is 0. The smallest absolute Gasteiger partial charge is 0.0541 e. The van der Waals surface area contributed by atoms with Crippen LogP contribution in [-0.2, 0) is 0 Å². The molecule has 0 rings (SSSR count). The Kier molecular flexibility index (Phi) is 17.6. The average molecular weight is 345 g/mol. The first-order valence-electron chi connectivity index (χ1n) is 10.6. The van der Waals surface area contributed by atoms with Crippen LogP contribution in [0.3, 0.4) is 0 Å². The molecule has 0 aliphatic rings. The predicted molar refractivity (Wildman–Crippen MR) is 103 cm³/mol. The van der Waals surface area contributed by atoms with Crippen LogP contribution in [0, 0.1) is 0 Å². The van der Waals surface area contributed by atoms with Crippen LogP contribution in [0.4, 0.5) is 0 Å². The molecular formula is C21H44O3.